The number of rotatable bonds is 7. The van der Waals surface area contributed by atoms with Gasteiger partial charge in [0.2, 0.25) is 0 Å². The maximum atomic E-state index is 4.61. The Bertz CT molecular complexity index is 942. The quantitative estimate of drug-likeness (QED) is 0.223. The summed E-state index contributed by atoms with van der Waals surface area (Å²) in [5.74, 6) is 0.791. The fraction of sp³-hybridized carbons (Fsp3) is 0.381. The van der Waals surface area contributed by atoms with Gasteiger partial charge in [0.05, 0.1) is 17.6 Å². The molecule has 156 valence electrons. The van der Waals surface area contributed by atoms with Gasteiger partial charge in [-0.05, 0) is 50.5 Å². The number of benzene rings is 1. The summed E-state index contributed by atoms with van der Waals surface area (Å²) in [4.78, 5) is 4.33. The molecule has 0 unspecified atom stereocenters. The van der Waals surface area contributed by atoms with E-state index in [1.807, 2.05) is 28.6 Å². The molecule has 29 heavy (non-hydrogen) atoms. The van der Waals surface area contributed by atoms with E-state index in [9.17, 15) is 0 Å². The molecule has 2 aromatic heterocycles. The normalized spacial score (nSPS) is 11.2. The Kier molecular flexibility index (Phi) is 8.69. The van der Waals surface area contributed by atoms with Gasteiger partial charge in [0.1, 0.15) is 0 Å². The monoisotopic (exact) mass is 507 g/mol. The molecule has 2 heterocycles. The molecule has 3 rings (SSSR count). The van der Waals surface area contributed by atoms with Crippen molar-refractivity contribution in [1.82, 2.24) is 30.2 Å². The third kappa shape index (κ3) is 6.31. The Hall–Kier alpha value is -2.36. The van der Waals surface area contributed by atoms with Crippen molar-refractivity contribution in [2.75, 3.05) is 13.6 Å². The molecule has 0 spiro atoms. The van der Waals surface area contributed by atoms with E-state index in [0.717, 1.165) is 42.5 Å². The predicted molar refractivity (Wildman–Crippen MR) is 128 cm³/mol. The van der Waals surface area contributed by atoms with Gasteiger partial charge in [-0.1, -0.05) is 18.2 Å². The third-order valence-corrected chi connectivity index (χ3v) is 4.52. The van der Waals surface area contributed by atoms with Crippen molar-refractivity contribution in [1.29, 1.82) is 0 Å². The van der Waals surface area contributed by atoms with Crippen molar-refractivity contribution in [2.24, 2.45) is 4.99 Å². The Labute approximate surface area is 189 Å². The lowest BCUT2D eigenvalue weighted by Gasteiger charge is -2.15. The molecule has 0 fully saturated rings. The lowest BCUT2D eigenvalue weighted by Crippen LogP contribution is -2.37. The van der Waals surface area contributed by atoms with Gasteiger partial charge in [0.15, 0.2) is 5.96 Å². The molecule has 0 saturated carbocycles. The smallest absolute Gasteiger partial charge is 0.191 e. The van der Waals surface area contributed by atoms with Gasteiger partial charge in [-0.25, -0.2) is 4.68 Å². The molecule has 0 amide bonds. The van der Waals surface area contributed by atoms with E-state index in [1.165, 1.54) is 11.1 Å². The molecule has 0 radical (unpaired) electrons. The summed E-state index contributed by atoms with van der Waals surface area (Å²) in [7, 11) is 1.79. The highest BCUT2D eigenvalue weighted by atomic mass is 127. The van der Waals surface area contributed by atoms with Crippen LogP contribution in [-0.2, 0) is 13.1 Å². The maximum absolute atomic E-state index is 4.61. The van der Waals surface area contributed by atoms with Crippen LogP contribution in [0.4, 0.5) is 0 Å². The number of nitrogens with one attached hydrogen (secondary N) is 2. The third-order valence-electron chi connectivity index (χ3n) is 4.52. The second-order valence-electron chi connectivity index (χ2n) is 6.95. The van der Waals surface area contributed by atoms with Gasteiger partial charge in [-0.2, -0.15) is 10.2 Å². The molecule has 0 saturated heterocycles. The van der Waals surface area contributed by atoms with Gasteiger partial charge in [0, 0.05) is 38.6 Å². The predicted octanol–water partition coefficient (Wildman–Crippen LogP) is 3.37. The summed E-state index contributed by atoms with van der Waals surface area (Å²) in [5, 5.41) is 15.7. The lowest BCUT2D eigenvalue weighted by atomic mass is 10.1. The van der Waals surface area contributed by atoms with Crippen LogP contribution in [0.3, 0.4) is 0 Å². The first-order chi connectivity index (χ1) is 13.6. The zero-order chi connectivity index (χ0) is 19.9. The molecule has 0 bridgehead atoms. The SMILES string of the molecule is CN=C(NCCCn1cc(C)cn1)NCc1ccccc1-n1nc(C)cc1C.I. The van der Waals surface area contributed by atoms with Crippen LogP contribution in [0, 0.1) is 20.8 Å². The zero-order valence-corrected chi connectivity index (χ0v) is 19.8. The zero-order valence-electron chi connectivity index (χ0n) is 17.5. The first-order valence-corrected chi connectivity index (χ1v) is 9.62. The standard InChI is InChI=1S/C21H29N7.HI/c1-16-13-25-27(15-16)11-7-10-23-21(22-4)24-14-19-8-5-6-9-20(19)28-18(3)12-17(2)26-28;/h5-6,8-9,12-13,15H,7,10-11,14H2,1-4H3,(H2,22,23,24);1H. The van der Waals surface area contributed by atoms with Crippen molar-refractivity contribution in [2.45, 2.75) is 40.3 Å². The van der Waals surface area contributed by atoms with Crippen LogP contribution in [0.1, 0.15) is 28.9 Å². The minimum Gasteiger partial charge on any atom is -0.356 e. The van der Waals surface area contributed by atoms with Crippen molar-refractivity contribution in [3.05, 3.63) is 65.2 Å². The van der Waals surface area contributed by atoms with Gasteiger partial charge in [0.25, 0.3) is 0 Å². The van der Waals surface area contributed by atoms with Crippen LogP contribution in [0.5, 0.6) is 0 Å². The fourth-order valence-electron chi connectivity index (χ4n) is 3.18. The summed E-state index contributed by atoms with van der Waals surface area (Å²) in [6, 6.07) is 10.4. The number of aryl methyl sites for hydroxylation is 4. The van der Waals surface area contributed by atoms with Crippen LogP contribution in [0.15, 0.2) is 47.7 Å². The van der Waals surface area contributed by atoms with E-state index < -0.39 is 0 Å². The van der Waals surface area contributed by atoms with Crippen LogP contribution < -0.4 is 10.6 Å². The number of aromatic nitrogens is 4. The molecular formula is C21H30IN7. The largest absolute Gasteiger partial charge is 0.356 e. The van der Waals surface area contributed by atoms with Crippen molar-refractivity contribution in [3.63, 3.8) is 0 Å². The van der Waals surface area contributed by atoms with Crippen LogP contribution >= 0.6 is 24.0 Å². The molecule has 1 aromatic carbocycles. The van der Waals surface area contributed by atoms with Gasteiger partial charge in [-0.3, -0.25) is 9.67 Å². The summed E-state index contributed by atoms with van der Waals surface area (Å²) >= 11 is 0. The Balaban J connectivity index is 0.00000300. The van der Waals surface area contributed by atoms with Crippen molar-refractivity contribution in [3.8, 4) is 5.69 Å². The minimum absolute atomic E-state index is 0. The van der Waals surface area contributed by atoms with E-state index in [0.29, 0.717) is 6.54 Å². The fourth-order valence-corrected chi connectivity index (χ4v) is 3.18. The van der Waals surface area contributed by atoms with E-state index >= 15 is 0 Å². The summed E-state index contributed by atoms with van der Waals surface area (Å²) in [6.45, 7) is 8.53. The van der Waals surface area contributed by atoms with Gasteiger partial charge in [-0.15, -0.1) is 24.0 Å². The number of hydrogen-bond acceptors (Lipinski definition) is 3. The highest BCUT2D eigenvalue weighted by molar-refractivity contribution is 14.0. The maximum Gasteiger partial charge on any atom is 0.191 e. The van der Waals surface area contributed by atoms with Crippen LogP contribution in [0.25, 0.3) is 5.69 Å². The number of guanidine groups is 1. The van der Waals surface area contributed by atoms with Crippen molar-refractivity contribution < 1.29 is 0 Å². The van der Waals surface area contributed by atoms with E-state index in [1.54, 1.807) is 7.05 Å². The summed E-state index contributed by atoms with van der Waals surface area (Å²) < 4.78 is 3.96. The molecule has 0 aliphatic carbocycles. The van der Waals surface area contributed by atoms with E-state index in [-0.39, 0.29) is 24.0 Å². The molecule has 3 aromatic rings. The topological polar surface area (TPSA) is 72.1 Å². The van der Waals surface area contributed by atoms with Gasteiger partial charge < -0.3 is 10.6 Å². The molecule has 2 N–H and O–H groups in total. The average molecular weight is 507 g/mol. The van der Waals surface area contributed by atoms with E-state index in [4.69, 9.17) is 0 Å². The first kappa shape index (κ1) is 22.9. The molecule has 0 aliphatic heterocycles. The van der Waals surface area contributed by atoms with Crippen LogP contribution in [0.2, 0.25) is 0 Å². The first-order valence-electron chi connectivity index (χ1n) is 9.62. The molecular weight excluding hydrogens is 477 g/mol. The highest BCUT2D eigenvalue weighted by Gasteiger charge is 2.09. The Morgan fingerprint density at radius 2 is 1.93 bits per heavy atom. The number of hydrogen-bond donors (Lipinski definition) is 2. The Morgan fingerprint density at radius 3 is 2.59 bits per heavy atom. The van der Waals surface area contributed by atoms with E-state index in [2.05, 4.69) is 70.1 Å². The molecule has 7 nitrogen and oxygen atoms in total. The minimum atomic E-state index is 0. The molecule has 0 atom stereocenters. The van der Waals surface area contributed by atoms with Gasteiger partial charge >= 0.3 is 0 Å². The second kappa shape index (κ2) is 11.0. The van der Waals surface area contributed by atoms with Crippen LogP contribution in [-0.4, -0.2) is 39.1 Å². The number of halogens is 1. The molecule has 8 heteroatoms. The Morgan fingerprint density at radius 1 is 1.14 bits per heavy atom. The number of nitrogens with zero attached hydrogens (tertiary/aromatic N) is 5. The van der Waals surface area contributed by atoms with Crippen molar-refractivity contribution >= 4 is 29.9 Å². The highest BCUT2D eigenvalue weighted by Crippen LogP contribution is 2.16. The number of para-hydroxylation sites is 1. The lowest BCUT2D eigenvalue weighted by molar-refractivity contribution is 0.570. The summed E-state index contributed by atoms with van der Waals surface area (Å²) in [6.07, 6.45) is 4.92. The second-order valence-corrected chi connectivity index (χ2v) is 6.95. The summed E-state index contributed by atoms with van der Waals surface area (Å²) in [5.41, 5.74) is 5.59. The average Bonchev–Trinajstić information content (AvgIpc) is 3.25. The molecule has 0 aliphatic rings. The number of aliphatic imine (C=N–C) groups is 1.